The first kappa shape index (κ1) is 10.9. The molecule has 1 aliphatic rings. The zero-order valence-electron chi connectivity index (χ0n) is 9.67. The summed E-state index contributed by atoms with van der Waals surface area (Å²) in [4.78, 5) is 13.3. The van der Waals surface area contributed by atoms with E-state index >= 15 is 0 Å². The molecule has 1 aromatic rings. The minimum atomic E-state index is -0.613. The van der Waals surface area contributed by atoms with Crippen LogP contribution in [0.15, 0.2) is 6.20 Å². The third-order valence-corrected chi connectivity index (χ3v) is 2.63. The van der Waals surface area contributed by atoms with E-state index in [-0.39, 0.29) is 18.6 Å². The molecule has 0 aliphatic carbocycles. The van der Waals surface area contributed by atoms with Gasteiger partial charge < -0.3 is 15.4 Å². The molecule has 1 aromatic heterocycles. The molecule has 0 saturated heterocycles. The molecule has 1 aliphatic heterocycles. The van der Waals surface area contributed by atoms with Gasteiger partial charge in [-0.3, -0.25) is 4.79 Å². The first-order valence-corrected chi connectivity index (χ1v) is 5.25. The van der Waals surface area contributed by atoms with Crippen LogP contribution in [0.4, 0.5) is 5.69 Å². The second-order valence-electron chi connectivity index (χ2n) is 4.19. The van der Waals surface area contributed by atoms with E-state index in [4.69, 9.17) is 10.5 Å². The zero-order chi connectivity index (χ0) is 11.9. The summed E-state index contributed by atoms with van der Waals surface area (Å²) in [6.07, 6.45) is 1.63. The van der Waals surface area contributed by atoms with E-state index < -0.39 is 6.04 Å². The van der Waals surface area contributed by atoms with Gasteiger partial charge in [-0.05, 0) is 13.8 Å². The largest absolute Gasteiger partial charge is 0.474 e. The van der Waals surface area contributed by atoms with Crippen molar-refractivity contribution in [2.24, 2.45) is 5.73 Å². The van der Waals surface area contributed by atoms with Gasteiger partial charge in [0.25, 0.3) is 0 Å². The number of rotatable bonds is 1. The molecule has 0 unspecified atom stereocenters. The van der Waals surface area contributed by atoms with Crippen LogP contribution in [-0.2, 0) is 4.79 Å². The Morgan fingerprint density at radius 3 is 2.94 bits per heavy atom. The monoisotopic (exact) mass is 224 g/mol. The Morgan fingerprint density at radius 1 is 1.62 bits per heavy atom. The minimum absolute atomic E-state index is 0.151. The third-order valence-electron chi connectivity index (χ3n) is 2.63. The number of likely N-dealkylation sites (N-methyl/N-ethyl adjacent to an activating group) is 1. The molecule has 6 nitrogen and oxygen atoms in total. The summed E-state index contributed by atoms with van der Waals surface area (Å²) < 4.78 is 7.29. The maximum atomic E-state index is 11.8. The fourth-order valence-corrected chi connectivity index (χ4v) is 1.69. The fourth-order valence-electron chi connectivity index (χ4n) is 1.69. The van der Waals surface area contributed by atoms with Gasteiger partial charge in [0.1, 0.15) is 18.3 Å². The van der Waals surface area contributed by atoms with Crippen molar-refractivity contribution in [2.75, 3.05) is 18.6 Å². The summed E-state index contributed by atoms with van der Waals surface area (Å²) >= 11 is 0. The van der Waals surface area contributed by atoms with Crippen molar-refractivity contribution in [1.82, 2.24) is 9.78 Å². The van der Waals surface area contributed by atoms with Crippen molar-refractivity contribution in [3.63, 3.8) is 0 Å². The van der Waals surface area contributed by atoms with E-state index in [9.17, 15) is 4.79 Å². The number of anilines is 1. The lowest BCUT2D eigenvalue weighted by molar-refractivity contribution is -0.119. The lowest BCUT2D eigenvalue weighted by Gasteiger charge is -2.14. The minimum Gasteiger partial charge on any atom is -0.474 e. The van der Waals surface area contributed by atoms with Crippen LogP contribution < -0.4 is 15.4 Å². The molecule has 2 N–H and O–H groups in total. The number of carbonyl (C=O) groups excluding carboxylic acids is 1. The van der Waals surface area contributed by atoms with Gasteiger partial charge in [0.2, 0.25) is 11.8 Å². The van der Waals surface area contributed by atoms with E-state index in [1.54, 1.807) is 17.9 Å². The van der Waals surface area contributed by atoms with Crippen molar-refractivity contribution in [3.05, 3.63) is 6.20 Å². The normalized spacial score (nSPS) is 20.7. The van der Waals surface area contributed by atoms with E-state index in [0.29, 0.717) is 11.6 Å². The summed E-state index contributed by atoms with van der Waals surface area (Å²) in [6, 6.07) is -0.431. The van der Waals surface area contributed by atoms with Crippen molar-refractivity contribution >= 4 is 11.6 Å². The zero-order valence-corrected chi connectivity index (χ0v) is 9.67. The second kappa shape index (κ2) is 3.79. The summed E-state index contributed by atoms with van der Waals surface area (Å²) in [6.45, 7) is 4.20. The highest BCUT2D eigenvalue weighted by Crippen LogP contribution is 2.31. The molecule has 0 spiro atoms. The highest BCUT2D eigenvalue weighted by atomic mass is 16.5. The Kier molecular flexibility index (Phi) is 2.59. The van der Waals surface area contributed by atoms with E-state index in [1.165, 1.54) is 4.90 Å². The maximum absolute atomic E-state index is 11.8. The molecule has 0 bridgehead atoms. The Labute approximate surface area is 94.0 Å². The molecular formula is C10H16N4O2. The van der Waals surface area contributed by atoms with Gasteiger partial charge >= 0.3 is 0 Å². The van der Waals surface area contributed by atoms with Gasteiger partial charge in [-0.1, -0.05) is 0 Å². The van der Waals surface area contributed by atoms with Crippen molar-refractivity contribution < 1.29 is 9.53 Å². The third kappa shape index (κ3) is 1.55. The van der Waals surface area contributed by atoms with Crippen LogP contribution in [0.5, 0.6) is 5.88 Å². The molecule has 1 atom stereocenters. The van der Waals surface area contributed by atoms with Crippen molar-refractivity contribution in [3.8, 4) is 5.88 Å². The molecule has 16 heavy (non-hydrogen) atoms. The number of hydrogen-bond donors (Lipinski definition) is 1. The van der Waals surface area contributed by atoms with E-state index in [0.717, 1.165) is 0 Å². The van der Waals surface area contributed by atoms with Gasteiger partial charge in [0, 0.05) is 7.05 Å². The van der Waals surface area contributed by atoms with Crippen LogP contribution in [-0.4, -0.2) is 35.4 Å². The first-order chi connectivity index (χ1) is 7.52. The second-order valence-corrected chi connectivity index (χ2v) is 4.19. The van der Waals surface area contributed by atoms with E-state index in [2.05, 4.69) is 5.10 Å². The molecule has 0 fully saturated rings. The van der Waals surface area contributed by atoms with Gasteiger partial charge in [-0.25, -0.2) is 4.68 Å². The number of nitrogens with zero attached hydrogens (tertiary/aromatic N) is 3. The Morgan fingerprint density at radius 2 is 2.31 bits per heavy atom. The Balaban J connectivity index is 2.45. The molecule has 1 amide bonds. The SMILES string of the molecule is CC(C)n1ncc2c1OC[C@H](N)C(=O)N2C. The number of amides is 1. The van der Waals surface area contributed by atoms with Crippen LogP contribution in [0, 0.1) is 0 Å². The maximum Gasteiger partial charge on any atom is 0.247 e. The lowest BCUT2D eigenvalue weighted by atomic mass is 10.3. The van der Waals surface area contributed by atoms with Gasteiger partial charge in [-0.15, -0.1) is 0 Å². The molecule has 88 valence electrons. The summed E-state index contributed by atoms with van der Waals surface area (Å²) in [5.41, 5.74) is 6.36. The van der Waals surface area contributed by atoms with Crippen LogP contribution in [0.25, 0.3) is 0 Å². The van der Waals surface area contributed by atoms with Crippen LogP contribution in [0.2, 0.25) is 0 Å². The Bertz CT molecular complexity index is 413. The van der Waals surface area contributed by atoms with Gasteiger partial charge in [0.15, 0.2) is 0 Å². The number of aromatic nitrogens is 2. The average molecular weight is 224 g/mol. The molecular weight excluding hydrogens is 208 g/mol. The standard InChI is InChI=1S/C10H16N4O2/c1-6(2)14-10-8(4-12-14)13(3)9(15)7(11)5-16-10/h4,6-7H,5,11H2,1-3H3/t7-/m0/s1. The molecule has 0 saturated carbocycles. The highest BCUT2D eigenvalue weighted by Gasteiger charge is 2.29. The quantitative estimate of drug-likeness (QED) is 0.736. The van der Waals surface area contributed by atoms with Crippen molar-refractivity contribution in [1.29, 1.82) is 0 Å². The smallest absolute Gasteiger partial charge is 0.247 e. The number of hydrogen-bond acceptors (Lipinski definition) is 4. The van der Waals surface area contributed by atoms with Crippen LogP contribution >= 0.6 is 0 Å². The highest BCUT2D eigenvalue weighted by molar-refractivity contribution is 5.98. The average Bonchev–Trinajstić information content (AvgIpc) is 2.63. The predicted molar refractivity (Wildman–Crippen MR) is 59.5 cm³/mol. The molecule has 0 radical (unpaired) electrons. The summed E-state index contributed by atoms with van der Waals surface area (Å²) in [5.74, 6) is 0.459. The summed E-state index contributed by atoms with van der Waals surface area (Å²) in [7, 11) is 1.68. The first-order valence-electron chi connectivity index (χ1n) is 5.25. The number of ether oxygens (including phenoxy) is 1. The Hall–Kier alpha value is -1.56. The van der Waals surface area contributed by atoms with Gasteiger partial charge in [-0.2, -0.15) is 5.10 Å². The van der Waals surface area contributed by atoms with Gasteiger partial charge in [0.05, 0.1) is 12.2 Å². The molecule has 6 heteroatoms. The van der Waals surface area contributed by atoms with Crippen molar-refractivity contribution in [2.45, 2.75) is 25.9 Å². The number of fused-ring (bicyclic) bond motifs is 1. The van der Waals surface area contributed by atoms with E-state index in [1.807, 2.05) is 13.8 Å². The lowest BCUT2D eigenvalue weighted by Crippen LogP contribution is -2.43. The van der Waals surface area contributed by atoms with Crippen LogP contribution in [0.3, 0.4) is 0 Å². The fraction of sp³-hybridized carbons (Fsp3) is 0.600. The number of carbonyl (C=O) groups is 1. The predicted octanol–water partition coefficient (Wildman–Crippen LogP) is 0.147. The topological polar surface area (TPSA) is 73.4 Å². The molecule has 2 heterocycles. The molecule has 2 rings (SSSR count). The van der Waals surface area contributed by atoms with Crippen LogP contribution in [0.1, 0.15) is 19.9 Å². The molecule has 0 aromatic carbocycles. The number of nitrogens with two attached hydrogens (primary N) is 1. The summed E-state index contributed by atoms with van der Waals surface area (Å²) in [5, 5.41) is 4.21.